The van der Waals surface area contributed by atoms with Crippen LogP contribution in [0.15, 0.2) is 72.0 Å². The number of benzene rings is 2. The summed E-state index contributed by atoms with van der Waals surface area (Å²) >= 11 is 0. The van der Waals surface area contributed by atoms with E-state index in [0.717, 1.165) is 17.5 Å². The van der Waals surface area contributed by atoms with Crippen molar-refractivity contribution < 1.29 is 13.9 Å². The van der Waals surface area contributed by atoms with Crippen LogP contribution in [0.2, 0.25) is 0 Å². The molecule has 3 N–H and O–H groups in total. The average Bonchev–Trinajstić information content (AvgIpc) is 2.83. The molecule has 0 saturated heterocycles. The van der Waals surface area contributed by atoms with Gasteiger partial charge in [0.15, 0.2) is 17.5 Å². The Labute approximate surface area is 186 Å². The quantitative estimate of drug-likeness (QED) is 0.373. The summed E-state index contributed by atoms with van der Waals surface area (Å²) in [6.45, 7) is 1.03. The number of hydrogen-bond donors (Lipinski definition) is 3. The Morgan fingerprint density at radius 2 is 1.97 bits per heavy atom. The number of carbonyl (C=O) groups is 1. The zero-order valence-corrected chi connectivity index (χ0v) is 18.1. The minimum absolute atomic E-state index is 0.110. The largest absolute Gasteiger partial charge is 0.453 e. The highest BCUT2D eigenvalue weighted by atomic mass is 19.1. The predicted octanol–water partition coefficient (Wildman–Crippen LogP) is 3.28. The molecule has 0 aliphatic heterocycles. The molecule has 0 aliphatic carbocycles. The maximum Gasteiger partial charge on any atom is 0.251 e. The van der Waals surface area contributed by atoms with Gasteiger partial charge in [0.05, 0.1) is 6.20 Å². The zero-order valence-electron chi connectivity index (χ0n) is 18.1. The molecule has 3 rings (SSSR count). The topological polar surface area (TPSA) is 87.6 Å². The van der Waals surface area contributed by atoms with E-state index in [4.69, 9.17) is 4.74 Å². The summed E-state index contributed by atoms with van der Waals surface area (Å²) in [6.07, 6.45) is 3.88. The first kappa shape index (κ1) is 22.7. The third-order valence-corrected chi connectivity index (χ3v) is 4.66. The summed E-state index contributed by atoms with van der Waals surface area (Å²) in [7, 11) is 3.28. The normalized spacial score (nSPS) is 11.0. The average molecular weight is 436 g/mol. The fourth-order valence-electron chi connectivity index (χ4n) is 3.02. The second-order valence-corrected chi connectivity index (χ2v) is 6.94. The molecule has 8 heteroatoms. The smallest absolute Gasteiger partial charge is 0.251 e. The SMILES string of the molecule is CN=C(NCCc1cccc(C(=O)NC)c1)NCc1ccc(Oc2cccnc2)c(F)c1. The minimum Gasteiger partial charge on any atom is -0.453 e. The number of aliphatic imine (C=N–C) groups is 1. The number of hydrogen-bond acceptors (Lipinski definition) is 4. The van der Waals surface area contributed by atoms with Gasteiger partial charge in [0.2, 0.25) is 0 Å². The van der Waals surface area contributed by atoms with Crippen LogP contribution >= 0.6 is 0 Å². The van der Waals surface area contributed by atoms with E-state index in [0.29, 0.717) is 30.4 Å². The lowest BCUT2D eigenvalue weighted by molar-refractivity contribution is 0.0963. The van der Waals surface area contributed by atoms with E-state index in [-0.39, 0.29) is 11.7 Å². The lowest BCUT2D eigenvalue weighted by atomic mass is 10.1. The van der Waals surface area contributed by atoms with E-state index >= 15 is 0 Å². The maximum absolute atomic E-state index is 14.4. The van der Waals surface area contributed by atoms with Crippen LogP contribution in [0.5, 0.6) is 11.5 Å². The summed E-state index contributed by atoms with van der Waals surface area (Å²) < 4.78 is 19.9. The second kappa shape index (κ2) is 11.5. The van der Waals surface area contributed by atoms with Crippen LogP contribution in [-0.4, -0.2) is 37.5 Å². The third-order valence-electron chi connectivity index (χ3n) is 4.66. The Morgan fingerprint density at radius 3 is 2.69 bits per heavy atom. The molecule has 0 bridgehead atoms. The van der Waals surface area contributed by atoms with Gasteiger partial charge >= 0.3 is 0 Å². The highest BCUT2D eigenvalue weighted by Gasteiger charge is 2.08. The van der Waals surface area contributed by atoms with Gasteiger partial charge in [0.1, 0.15) is 5.75 Å². The number of ether oxygens (including phenoxy) is 1. The van der Waals surface area contributed by atoms with E-state index in [1.807, 2.05) is 18.2 Å². The molecule has 0 atom stereocenters. The van der Waals surface area contributed by atoms with Gasteiger partial charge in [0, 0.05) is 38.9 Å². The molecule has 32 heavy (non-hydrogen) atoms. The molecule has 166 valence electrons. The summed E-state index contributed by atoms with van der Waals surface area (Å²) in [4.78, 5) is 19.9. The number of guanidine groups is 1. The van der Waals surface area contributed by atoms with Crippen LogP contribution in [0, 0.1) is 5.82 Å². The predicted molar refractivity (Wildman–Crippen MR) is 122 cm³/mol. The highest BCUT2D eigenvalue weighted by Crippen LogP contribution is 2.24. The van der Waals surface area contributed by atoms with Crippen molar-refractivity contribution >= 4 is 11.9 Å². The fraction of sp³-hybridized carbons (Fsp3) is 0.208. The van der Waals surface area contributed by atoms with Gasteiger partial charge < -0.3 is 20.7 Å². The zero-order chi connectivity index (χ0) is 22.8. The fourth-order valence-corrected chi connectivity index (χ4v) is 3.02. The molecule has 7 nitrogen and oxygen atoms in total. The Balaban J connectivity index is 1.49. The molecule has 0 unspecified atom stereocenters. The molecule has 0 fully saturated rings. The summed E-state index contributed by atoms with van der Waals surface area (Å²) in [5, 5.41) is 9.01. The molecule has 0 spiro atoms. The molecule has 1 aromatic heterocycles. The van der Waals surface area contributed by atoms with Crippen LogP contribution in [0.3, 0.4) is 0 Å². The van der Waals surface area contributed by atoms with Crippen LogP contribution in [0.4, 0.5) is 4.39 Å². The minimum atomic E-state index is -0.452. The monoisotopic (exact) mass is 435 g/mol. The van der Waals surface area contributed by atoms with E-state index in [2.05, 4.69) is 25.9 Å². The summed E-state index contributed by atoms with van der Waals surface area (Å²) in [5.74, 6) is 0.656. The van der Waals surface area contributed by atoms with Crippen molar-refractivity contribution in [2.75, 3.05) is 20.6 Å². The third kappa shape index (κ3) is 6.53. The second-order valence-electron chi connectivity index (χ2n) is 6.94. The molecule has 0 radical (unpaired) electrons. The number of rotatable bonds is 8. The van der Waals surface area contributed by atoms with Crippen molar-refractivity contribution in [3.63, 3.8) is 0 Å². The molecule has 0 saturated carbocycles. The van der Waals surface area contributed by atoms with Crippen molar-refractivity contribution in [2.24, 2.45) is 4.99 Å². The van der Waals surface area contributed by atoms with Gasteiger partial charge in [-0.3, -0.25) is 14.8 Å². The molecule has 2 aromatic carbocycles. The Kier molecular flexibility index (Phi) is 8.14. The summed E-state index contributed by atoms with van der Waals surface area (Å²) in [5.41, 5.74) is 2.42. The number of nitrogens with zero attached hydrogens (tertiary/aromatic N) is 2. The van der Waals surface area contributed by atoms with Gasteiger partial charge in [-0.15, -0.1) is 0 Å². The first-order chi connectivity index (χ1) is 15.6. The molecule has 0 aliphatic rings. The molecular formula is C24H26FN5O2. The van der Waals surface area contributed by atoms with Gasteiger partial charge in [-0.25, -0.2) is 4.39 Å². The van der Waals surface area contributed by atoms with Crippen LogP contribution in [0.1, 0.15) is 21.5 Å². The Hall–Kier alpha value is -3.94. The van der Waals surface area contributed by atoms with E-state index in [9.17, 15) is 9.18 Å². The first-order valence-corrected chi connectivity index (χ1v) is 10.2. The number of amides is 1. The number of aromatic nitrogens is 1. The van der Waals surface area contributed by atoms with E-state index in [1.165, 1.54) is 12.3 Å². The van der Waals surface area contributed by atoms with Gasteiger partial charge in [-0.1, -0.05) is 18.2 Å². The van der Waals surface area contributed by atoms with Crippen molar-refractivity contribution in [2.45, 2.75) is 13.0 Å². The Morgan fingerprint density at radius 1 is 1.09 bits per heavy atom. The van der Waals surface area contributed by atoms with Crippen LogP contribution in [-0.2, 0) is 13.0 Å². The first-order valence-electron chi connectivity index (χ1n) is 10.2. The maximum atomic E-state index is 14.4. The van der Waals surface area contributed by atoms with Crippen molar-refractivity contribution in [1.29, 1.82) is 0 Å². The van der Waals surface area contributed by atoms with Crippen LogP contribution < -0.4 is 20.7 Å². The summed E-state index contributed by atoms with van der Waals surface area (Å²) in [6, 6.07) is 15.7. The van der Waals surface area contributed by atoms with Gasteiger partial charge in [0.25, 0.3) is 5.91 Å². The van der Waals surface area contributed by atoms with Crippen molar-refractivity contribution in [3.8, 4) is 11.5 Å². The van der Waals surface area contributed by atoms with Crippen molar-refractivity contribution in [3.05, 3.63) is 89.5 Å². The Bertz CT molecular complexity index is 1070. The van der Waals surface area contributed by atoms with Crippen molar-refractivity contribution in [1.82, 2.24) is 20.9 Å². The molecular weight excluding hydrogens is 409 g/mol. The highest BCUT2D eigenvalue weighted by molar-refractivity contribution is 5.94. The number of nitrogens with one attached hydrogen (secondary N) is 3. The molecule has 3 aromatic rings. The molecule has 1 amide bonds. The molecule has 1 heterocycles. The number of pyridine rings is 1. The lowest BCUT2D eigenvalue weighted by Crippen LogP contribution is -2.37. The van der Waals surface area contributed by atoms with E-state index in [1.54, 1.807) is 50.6 Å². The number of carbonyl (C=O) groups excluding carboxylic acids is 1. The van der Waals surface area contributed by atoms with Crippen LogP contribution in [0.25, 0.3) is 0 Å². The van der Waals surface area contributed by atoms with E-state index < -0.39 is 5.82 Å². The standard InChI is InChI=1S/C24H26FN5O2/c1-26-23(31)19-6-3-5-17(13-19)10-12-29-24(27-2)30-15-18-8-9-22(21(25)14-18)32-20-7-4-11-28-16-20/h3-9,11,13-14,16H,10,12,15H2,1-2H3,(H,26,31)(H2,27,29,30). The lowest BCUT2D eigenvalue weighted by Gasteiger charge is -2.13. The van der Waals surface area contributed by atoms with Gasteiger partial charge in [-0.05, 0) is 53.9 Å². The van der Waals surface area contributed by atoms with Gasteiger partial charge in [-0.2, -0.15) is 0 Å². The number of halogens is 1.